The molecule has 168 valence electrons. The van der Waals surface area contributed by atoms with Crippen LogP contribution in [0.25, 0.3) is 0 Å². The average Bonchev–Trinajstić information content (AvgIpc) is 3.47. The molecule has 1 unspecified atom stereocenters. The molecular weight excluding hydrogens is 414 g/mol. The third-order valence-corrected chi connectivity index (χ3v) is 5.92. The summed E-state index contributed by atoms with van der Waals surface area (Å²) in [5.41, 5.74) is 1.26. The number of imide groups is 1. The first-order valence-corrected chi connectivity index (χ1v) is 11.7. The summed E-state index contributed by atoms with van der Waals surface area (Å²) in [5, 5.41) is 13.9. The molecule has 1 fully saturated rings. The van der Waals surface area contributed by atoms with Crippen LogP contribution in [0.4, 0.5) is 4.79 Å². The van der Waals surface area contributed by atoms with Gasteiger partial charge in [0.05, 0.1) is 5.25 Å². The summed E-state index contributed by atoms with van der Waals surface area (Å²) >= 11 is 1.29. The standard InChI is InChI=1S/C22H31N5O3S/c1-5-16-6-10-18(11-7-16)30-13-19-25-26-22(27(19)12-14(2)3)31-15(4)20(28)24-21(29)23-17-8-9-17/h6-7,10-11,14-15,17H,5,8-9,12-13H2,1-4H3,(H2,23,24,28,29). The lowest BCUT2D eigenvalue weighted by Gasteiger charge is -2.15. The van der Waals surface area contributed by atoms with E-state index in [-0.39, 0.29) is 18.6 Å². The van der Waals surface area contributed by atoms with Gasteiger partial charge in [-0.3, -0.25) is 10.1 Å². The van der Waals surface area contributed by atoms with Crippen LogP contribution < -0.4 is 15.4 Å². The molecule has 2 N–H and O–H groups in total. The second-order valence-electron chi connectivity index (χ2n) is 8.19. The summed E-state index contributed by atoms with van der Waals surface area (Å²) in [6, 6.07) is 7.77. The molecule has 1 atom stereocenters. The molecule has 2 aromatic rings. The van der Waals surface area contributed by atoms with Crippen molar-refractivity contribution in [2.24, 2.45) is 5.92 Å². The molecule has 1 aliphatic rings. The van der Waals surface area contributed by atoms with Crippen LogP contribution in [0.3, 0.4) is 0 Å². The molecule has 1 saturated carbocycles. The number of hydrogen-bond donors (Lipinski definition) is 2. The van der Waals surface area contributed by atoms with Gasteiger partial charge in [0, 0.05) is 12.6 Å². The van der Waals surface area contributed by atoms with Gasteiger partial charge >= 0.3 is 6.03 Å². The lowest BCUT2D eigenvalue weighted by Crippen LogP contribution is -2.43. The molecule has 0 aliphatic heterocycles. The van der Waals surface area contributed by atoms with E-state index < -0.39 is 11.3 Å². The maximum absolute atomic E-state index is 12.4. The summed E-state index contributed by atoms with van der Waals surface area (Å²) in [4.78, 5) is 24.2. The Labute approximate surface area is 187 Å². The number of aromatic nitrogens is 3. The molecule has 0 radical (unpaired) electrons. The number of aryl methyl sites for hydroxylation is 1. The van der Waals surface area contributed by atoms with Gasteiger partial charge in [0.15, 0.2) is 11.0 Å². The van der Waals surface area contributed by atoms with E-state index in [2.05, 4.69) is 53.7 Å². The number of urea groups is 1. The average molecular weight is 446 g/mol. The fraction of sp³-hybridized carbons (Fsp3) is 0.545. The minimum absolute atomic E-state index is 0.200. The SMILES string of the molecule is CCc1ccc(OCc2nnc(SC(C)C(=O)NC(=O)NC3CC3)n2CC(C)C)cc1. The largest absolute Gasteiger partial charge is 0.486 e. The Bertz CT molecular complexity index is 893. The second kappa shape index (κ2) is 10.7. The van der Waals surface area contributed by atoms with Gasteiger partial charge in [-0.25, -0.2) is 4.79 Å². The molecule has 0 bridgehead atoms. The summed E-state index contributed by atoms with van der Waals surface area (Å²) in [7, 11) is 0. The van der Waals surface area contributed by atoms with Gasteiger partial charge in [-0.2, -0.15) is 0 Å². The van der Waals surface area contributed by atoms with Crippen molar-refractivity contribution in [3.8, 4) is 5.75 Å². The number of rotatable bonds is 10. The van der Waals surface area contributed by atoms with Crippen LogP contribution in [0.15, 0.2) is 29.4 Å². The third-order valence-electron chi connectivity index (χ3n) is 4.84. The van der Waals surface area contributed by atoms with Gasteiger partial charge < -0.3 is 14.6 Å². The van der Waals surface area contributed by atoms with Crippen molar-refractivity contribution >= 4 is 23.7 Å². The van der Waals surface area contributed by atoms with E-state index in [1.807, 2.05) is 16.7 Å². The Morgan fingerprint density at radius 3 is 2.52 bits per heavy atom. The number of carbonyl (C=O) groups is 2. The van der Waals surface area contributed by atoms with E-state index in [0.717, 1.165) is 25.0 Å². The van der Waals surface area contributed by atoms with Crippen molar-refractivity contribution in [3.05, 3.63) is 35.7 Å². The first-order chi connectivity index (χ1) is 14.9. The number of ether oxygens (including phenoxy) is 1. The van der Waals surface area contributed by atoms with E-state index in [0.29, 0.717) is 23.4 Å². The first-order valence-electron chi connectivity index (χ1n) is 10.8. The van der Waals surface area contributed by atoms with Gasteiger partial charge in [0.2, 0.25) is 5.91 Å². The molecule has 1 aromatic heterocycles. The van der Waals surface area contributed by atoms with Gasteiger partial charge in [-0.1, -0.05) is 44.7 Å². The van der Waals surface area contributed by atoms with Crippen LogP contribution >= 0.6 is 11.8 Å². The Hall–Kier alpha value is -2.55. The van der Waals surface area contributed by atoms with Crippen LogP contribution in [0.1, 0.15) is 51.9 Å². The highest BCUT2D eigenvalue weighted by Crippen LogP contribution is 2.24. The number of benzene rings is 1. The van der Waals surface area contributed by atoms with Crippen molar-refractivity contribution in [1.82, 2.24) is 25.4 Å². The number of amides is 3. The molecule has 0 spiro atoms. The molecule has 31 heavy (non-hydrogen) atoms. The van der Waals surface area contributed by atoms with Crippen molar-refractivity contribution in [2.75, 3.05) is 0 Å². The Morgan fingerprint density at radius 2 is 1.90 bits per heavy atom. The monoisotopic (exact) mass is 445 g/mol. The Morgan fingerprint density at radius 1 is 1.19 bits per heavy atom. The fourth-order valence-corrected chi connectivity index (χ4v) is 3.78. The molecule has 8 nitrogen and oxygen atoms in total. The Kier molecular flexibility index (Phi) is 7.95. The van der Waals surface area contributed by atoms with Crippen molar-refractivity contribution in [2.45, 2.75) is 76.6 Å². The lowest BCUT2D eigenvalue weighted by atomic mass is 10.2. The van der Waals surface area contributed by atoms with E-state index in [1.54, 1.807) is 6.92 Å². The van der Waals surface area contributed by atoms with E-state index >= 15 is 0 Å². The van der Waals surface area contributed by atoms with Crippen LogP contribution in [-0.4, -0.2) is 38.0 Å². The van der Waals surface area contributed by atoms with E-state index in [4.69, 9.17) is 4.74 Å². The summed E-state index contributed by atoms with van der Waals surface area (Å²) in [6.07, 6.45) is 2.92. The van der Waals surface area contributed by atoms with Gasteiger partial charge in [-0.05, 0) is 49.8 Å². The highest BCUT2D eigenvalue weighted by Gasteiger charge is 2.26. The van der Waals surface area contributed by atoms with E-state index in [9.17, 15) is 9.59 Å². The van der Waals surface area contributed by atoms with Crippen molar-refractivity contribution in [3.63, 3.8) is 0 Å². The molecule has 1 aliphatic carbocycles. The zero-order chi connectivity index (χ0) is 22.4. The predicted molar refractivity (Wildman–Crippen MR) is 120 cm³/mol. The number of carbonyl (C=O) groups excluding carboxylic acids is 2. The molecule has 0 saturated heterocycles. The molecular formula is C22H31N5O3S. The highest BCUT2D eigenvalue weighted by molar-refractivity contribution is 8.00. The minimum atomic E-state index is -0.490. The van der Waals surface area contributed by atoms with Crippen LogP contribution in [-0.2, 0) is 24.4 Å². The van der Waals surface area contributed by atoms with E-state index in [1.165, 1.54) is 17.3 Å². The lowest BCUT2D eigenvalue weighted by molar-refractivity contribution is -0.119. The normalized spacial score (nSPS) is 14.4. The third kappa shape index (κ3) is 6.99. The molecule has 1 heterocycles. The topological polar surface area (TPSA) is 98.1 Å². The van der Waals surface area contributed by atoms with Gasteiger partial charge in [0.1, 0.15) is 12.4 Å². The maximum atomic E-state index is 12.4. The zero-order valence-corrected chi connectivity index (χ0v) is 19.4. The quantitative estimate of drug-likeness (QED) is 0.543. The second-order valence-corrected chi connectivity index (χ2v) is 9.49. The Balaban J connectivity index is 1.62. The number of nitrogens with one attached hydrogen (secondary N) is 2. The molecule has 3 rings (SSSR count). The molecule has 3 amide bonds. The summed E-state index contributed by atoms with van der Waals surface area (Å²) in [5.74, 6) is 1.50. The van der Waals surface area contributed by atoms with Crippen molar-refractivity contribution < 1.29 is 14.3 Å². The van der Waals surface area contributed by atoms with Gasteiger partial charge in [-0.15, -0.1) is 10.2 Å². The molecule has 9 heteroatoms. The first kappa shape index (κ1) is 23.1. The van der Waals surface area contributed by atoms with Gasteiger partial charge in [0.25, 0.3) is 0 Å². The smallest absolute Gasteiger partial charge is 0.321 e. The summed E-state index contributed by atoms with van der Waals surface area (Å²) < 4.78 is 7.90. The highest BCUT2D eigenvalue weighted by atomic mass is 32.2. The molecule has 1 aromatic carbocycles. The van der Waals surface area contributed by atoms with Crippen LogP contribution in [0, 0.1) is 5.92 Å². The minimum Gasteiger partial charge on any atom is -0.486 e. The zero-order valence-electron chi connectivity index (χ0n) is 18.6. The van der Waals surface area contributed by atoms with Crippen LogP contribution in [0.2, 0.25) is 0 Å². The summed E-state index contributed by atoms with van der Waals surface area (Å²) in [6.45, 7) is 9.09. The number of nitrogens with zero attached hydrogens (tertiary/aromatic N) is 3. The van der Waals surface area contributed by atoms with Crippen LogP contribution in [0.5, 0.6) is 5.75 Å². The number of thioether (sulfide) groups is 1. The van der Waals surface area contributed by atoms with Crippen molar-refractivity contribution in [1.29, 1.82) is 0 Å². The number of hydrogen-bond acceptors (Lipinski definition) is 6. The fourth-order valence-electron chi connectivity index (χ4n) is 2.91. The maximum Gasteiger partial charge on any atom is 0.321 e. The predicted octanol–water partition coefficient (Wildman–Crippen LogP) is 3.54.